The van der Waals surface area contributed by atoms with Crippen molar-refractivity contribution >= 4 is 11.9 Å². The van der Waals surface area contributed by atoms with Crippen molar-refractivity contribution in [2.24, 2.45) is 5.92 Å². The molecule has 0 aromatic heterocycles. The molecule has 1 aromatic rings. The summed E-state index contributed by atoms with van der Waals surface area (Å²) >= 11 is 0. The van der Waals surface area contributed by atoms with Gasteiger partial charge in [0, 0.05) is 6.42 Å². The molecule has 110 valence electrons. The Kier molecular flexibility index (Phi) is 6.22. The van der Waals surface area contributed by atoms with E-state index in [4.69, 9.17) is 4.74 Å². The van der Waals surface area contributed by atoms with Gasteiger partial charge in [-0.05, 0) is 24.8 Å². The zero-order valence-electron chi connectivity index (χ0n) is 12.6. The minimum atomic E-state index is -0.579. The molecule has 0 spiro atoms. The maximum atomic E-state index is 11.9. The molecular weight excluding hydrogens is 254 g/mol. The van der Waals surface area contributed by atoms with E-state index < -0.39 is 12.0 Å². The summed E-state index contributed by atoms with van der Waals surface area (Å²) in [5.74, 6) is -0.523. The van der Waals surface area contributed by atoms with Crippen LogP contribution in [0.15, 0.2) is 24.3 Å². The third kappa shape index (κ3) is 5.03. The van der Waals surface area contributed by atoms with Crippen molar-refractivity contribution in [3.05, 3.63) is 35.4 Å². The van der Waals surface area contributed by atoms with Gasteiger partial charge in [0.2, 0.25) is 5.91 Å². The van der Waals surface area contributed by atoms with Gasteiger partial charge in [-0.2, -0.15) is 0 Å². The minimum absolute atomic E-state index is 0.00497. The van der Waals surface area contributed by atoms with Crippen molar-refractivity contribution in [2.45, 2.75) is 39.7 Å². The Balaban J connectivity index is 2.52. The van der Waals surface area contributed by atoms with Crippen LogP contribution >= 0.6 is 0 Å². The number of benzene rings is 1. The molecule has 0 aliphatic heterocycles. The molecule has 0 radical (unpaired) electrons. The molecule has 4 nitrogen and oxygen atoms in total. The van der Waals surface area contributed by atoms with Crippen molar-refractivity contribution in [3.63, 3.8) is 0 Å². The summed E-state index contributed by atoms with van der Waals surface area (Å²) in [6, 6.07) is 7.49. The van der Waals surface area contributed by atoms with Gasteiger partial charge in [0.1, 0.15) is 6.04 Å². The highest BCUT2D eigenvalue weighted by Crippen LogP contribution is 2.08. The first-order valence-corrected chi connectivity index (χ1v) is 6.86. The number of carbonyl (C=O) groups excluding carboxylic acids is 2. The Bertz CT molecular complexity index is 469. The lowest BCUT2D eigenvalue weighted by molar-refractivity contribution is -0.146. The molecule has 1 N–H and O–H groups in total. The number of carbonyl (C=O) groups is 2. The molecule has 1 amide bonds. The third-order valence-electron chi connectivity index (χ3n) is 3.16. The number of esters is 1. The maximum absolute atomic E-state index is 11.9. The molecule has 0 heterocycles. The van der Waals surface area contributed by atoms with Gasteiger partial charge in [0.25, 0.3) is 0 Å². The second kappa shape index (κ2) is 7.68. The molecule has 1 aromatic carbocycles. The quantitative estimate of drug-likeness (QED) is 0.811. The summed E-state index contributed by atoms with van der Waals surface area (Å²) in [7, 11) is 1.33. The summed E-state index contributed by atoms with van der Waals surface area (Å²) in [6.45, 7) is 5.78. The highest BCUT2D eigenvalue weighted by atomic mass is 16.5. The Labute approximate surface area is 120 Å². The largest absolute Gasteiger partial charge is 0.467 e. The summed E-state index contributed by atoms with van der Waals surface area (Å²) in [6.07, 6.45) is 1.03. The number of rotatable bonds is 6. The van der Waals surface area contributed by atoms with Crippen molar-refractivity contribution in [2.75, 3.05) is 7.11 Å². The van der Waals surface area contributed by atoms with Crippen LogP contribution in [0, 0.1) is 12.8 Å². The zero-order chi connectivity index (χ0) is 15.1. The van der Waals surface area contributed by atoms with E-state index >= 15 is 0 Å². The molecule has 4 heteroatoms. The topological polar surface area (TPSA) is 55.4 Å². The van der Waals surface area contributed by atoms with Crippen LogP contribution in [0.4, 0.5) is 0 Å². The van der Waals surface area contributed by atoms with E-state index in [0.717, 1.165) is 5.56 Å². The highest BCUT2D eigenvalue weighted by Gasteiger charge is 2.24. The molecule has 0 bridgehead atoms. The van der Waals surface area contributed by atoms with Gasteiger partial charge in [0.05, 0.1) is 7.11 Å². The smallest absolute Gasteiger partial charge is 0.328 e. The molecule has 1 atom stereocenters. The van der Waals surface area contributed by atoms with Gasteiger partial charge in [-0.1, -0.05) is 43.7 Å². The Hall–Kier alpha value is -1.84. The maximum Gasteiger partial charge on any atom is 0.328 e. The molecule has 0 aliphatic carbocycles. The fourth-order valence-electron chi connectivity index (χ4n) is 2.00. The van der Waals surface area contributed by atoms with E-state index in [9.17, 15) is 9.59 Å². The number of amides is 1. The summed E-state index contributed by atoms with van der Waals surface area (Å²) in [4.78, 5) is 23.5. The van der Waals surface area contributed by atoms with Crippen molar-refractivity contribution in [3.8, 4) is 0 Å². The number of methoxy groups -OCH3 is 1. The van der Waals surface area contributed by atoms with Crippen LogP contribution in [-0.4, -0.2) is 25.0 Å². The highest BCUT2D eigenvalue weighted by molar-refractivity contribution is 5.84. The van der Waals surface area contributed by atoms with Gasteiger partial charge in [-0.25, -0.2) is 4.79 Å². The van der Waals surface area contributed by atoms with Crippen LogP contribution in [0.3, 0.4) is 0 Å². The molecule has 20 heavy (non-hydrogen) atoms. The molecular formula is C16H23NO3. The minimum Gasteiger partial charge on any atom is -0.467 e. The monoisotopic (exact) mass is 277 g/mol. The van der Waals surface area contributed by atoms with E-state index in [1.807, 2.05) is 39.0 Å². The van der Waals surface area contributed by atoms with Gasteiger partial charge < -0.3 is 10.1 Å². The number of hydrogen-bond acceptors (Lipinski definition) is 3. The predicted molar refractivity (Wildman–Crippen MR) is 78.3 cm³/mol. The number of nitrogens with one attached hydrogen (secondary N) is 1. The lowest BCUT2D eigenvalue weighted by Crippen LogP contribution is -2.45. The van der Waals surface area contributed by atoms with Gasteiger partial charge in [0.15, 0.2) is 0 Å². The fourth-order valence-corrected chi connectivity index (χ4v) is 2.00. The molecule has 0 fully saturated rings. The fraction of sp³-hybridized carbons (Fsp3) is 0.500. The lowest BCUT2D eigenvalue weighted by Gasteiger charge is -2.19. The molecule has 0 unspecified atom stereocenters. The third-order valence-corrected chi connectivity index (χ3v) is 3.16. The molecule has 0 saturated heterocycles. The summed E-state index contributed by atoms with van der Waals surface area (Å²) in [5.41, 5.74) is 2.30. The molecule has 0 aliphatic rings. The Morgan fingerprint density at radius 3 is 2.55 bits per heavy atom. The van der Waals surface area contributed by atoms with Gasteiger partial charge >= 0.3 is 5.97 Å². The van der Waals surface area contributed by atoms with Crippen molar-refractivity contribution in [1.82, 2.24) is 5.32 Å². The average Bonchev–Trinajstić information content (AvgIpc) is 2.41. The second-order valence-electron chi connectivity index (χ2n) is 5.30. The lowest BCUT2D eigenvalue weighted by atomic mass is 10.0. The van der Waals surface area contributed by atoms with Crippen molar-refractivity contribution < 1.29 is 14.3 Å². The van der Waals surface area contributed by atoms with E-state index in [1.165, 1.54) is 12.7 Å². The summed E-state index contributed by atoms with van der Waals surface area (Å²) in [5, 5.41) is 2.74. The van der Waals surface area contributed by atoms with Crippen LogP contribution in [0.25, 0.3) is 0 Å². The van der Waals surface area contributed by atoms with E-state index in [-0.39, 0.29) is 11.8 Å². The molecule has 0 saturated carbocycles. The standard InChI is InChI=1S/C16H23NO3/c1-11(2)15(16(19)20-4)17-14(18)9-8-13-7-5-6-12(3)10-13/h5-7,10-11,15H,8-9H2,1-4H3,(H,17,18)/t15-/m0/s1. The van der Waals surface area contributed by atoms with Crippen molar-refractivity contribution in [1.29, 1.82) is 0 Å². The first kappa shape index (κ1) is 16.2. The first-order chi connectivity index (χ1) is 9.43. The first-order valence-electron chi connectivity index (χ1n) is 6.86. The Morgan fingerprint density at radius 1 is 1.30 bits per heavy atom. The average molecular weight is 277 g/mol. The van der Waals surface area contributed by atoms with Gasteiger partial charge in [-0.3, -0.25) is 4.79 Å². The number of ether oxygens (including phenoxy) is 1. The van der Waals surface area contributed by atoms with Crippen LogP contribution < -0.4 is 5.32 Å². The number of hydrogen-bond donors (Lipinski definition) is 1. The Morgan fingerprint density at radius 2 is 2.00 bits per heavy atom. The van der Waals surface area contributed by atoms with E-state index in [2.05, 4.69) is 11.4 Å². The normalized spacial score (nSPS) is 12.1. The zero-order valence-corrected chi connectivity index (χ0v) is 12.6. The van der Waals surface area contributed by atoms with Crippen LogP contribution in [0.5, 0.6) is 0 Å². The van der Waals surface area contributed by atoms with Crippen LogP contribution in [-0.2, 0) is 20.7 Å². The van der Waals surface area contributed by atoms with E-state index in [1.54, 1.807) is 0 Å². The summed E-state index contributed by atoms with van der Waals surface area (Å²) < 4.78 is 4.70. The predicted octanol–water partition coefficient (Wildman–Crippen LogP) is 2.24. The second-order valence-corrected chi connectivity index (χ2v) is 5.30. The van der Waals surface area contributed by atoms with Crippen LogP contribution in [0.1, 0.15) is 31.4 Å². The van der Waals surface area contributed by atoms with Crippen LogP contribution in [0.2, 0.25) is 0 Å². The van der Waals surface area contributed by atoms with E-state index in [0.29, 0.717) is 12.8 Å². The molecule has 1 rings (SSSR count). The number of aryl methyl sites for hydroxylation is 2. The SMILES string of the molecule is COC(=O)[C@@H](NC(=O)CCc1cccc(C)c1)C(C)C. The van der Waals surface area contributed by atoms with Gasteiger partial charge in [-0.15, -0.1) is 0 Å².